The van der Waals surface area contributed by atoms with Gasteiger partial charge in [0.2, 0.25) is 5.92 Å². The Morgan fingerprint density at radius 3 is 3.00 bits per heavy atom. The summed E-state index contributed by atoms with van der Waals surface area (Å²) in [5.74, 6) is 3.66. The molecule has 19 heavy (non-hydrogen) atoms. The predicted octanol–water partition coefficient (Wildman–Crippen LogP) is 2.51. The lowest BCUT2D eigenvalue weighted by Gasteiger charge is -2.31. The predicted molar refractivity (Wildman–Crippen MR) is 68.4 cm³/mol. The van der Waals surface area contributed by atoms with E-state index < -0.39 is 5.92 Å². The van der Waals surface area contributed by atoms with Crippen LogP contribution in [-0.4, -0.2) is 15.9 Å². The van der Waals surface area contributed by atoms with Gasteiger partial charge in [0.15, 0.2) is 0 Å². The highest BCUT2D eigenvalue weighted by Crippen LogP contribution is 2.39. The molecule has 1 aromatic rings. The molecular weight excluding hydrogens is 250 g/mol. The fraction of sp³-hybridized carbons (Fsp3) is 0.692. The maximum atomic E-state index is 13.4. The minimum Gasteiger partial charge on any atom is -0.271 e. The number of nitrogens with zero attached hydrogens (tertiary/aromatic N) is 2. The van der Waals surface area contributed by atoms with Crippen LogP contribution in [0.4, 0.5) is 8.78 Å². The van der Waals surface area contributed by atoms with Gasteiger partial charge in [0, 0.05) is 19.0 Å². The summed E-state index contributed by atoms with van der Waals surface area (Å²) in [6.45, 7) is 1.80. The van der Waals surface area contributed by atoms with Crippen LogP contribution in [0.15, 0.2) is 12.3 Å². The van der Waals surface area contributed by atoms with Crippen molar-refractivity contribution in [2.24, 2.45) is 11.8 Å². The van der Waals surface area contributed by atoms with Gasteiger partial charge in [-0.1, -0.05) is 0 Å². The van der Waals surface area contributed by atoms with Crippen LogP contribution in [0.3, 0.4) is 0 Å². The summed E-state index contributed by atoms with van der Waals surface area (Å²) in [5, 5.41) is 0. The number of aromatic nitrogens is 2. The lowest BCUT2D eigenvalue weighted by molar-refractivity contribution is -0.0549. The van der Waals surface area contributed by atoms with Gasteiger partial charge in [0.1, 0.15) is 5.82 Å². The monoisotopic (exact) mass is 270 g/mol. The third-order valence-corrected chi connectivity index (χ3v) is 3.67. The smallest absolute Gasteiger partial charge is 0.248 e. The molecule has 4 nitrogen and oxygen atoms in total. The van der Waals surface area contributed by atoms with E-state index in [0.29, 0.717) is 18.7 Å². The number of rotatable bonds is 4. The zero-order chi connectivity index (χ0) is 13.9. The van der Waals surface area contributed by atoms with Crippen LogP contribution in [0.1, 0.15) is 49.7 Å². The van der Waals surface area contributed by atoms with Crippen molar-refractivity contribution in [1.82, 2.24) is 15.4 Å². The molecule has 2 rings (SSSR count). The van der Waals surface area contributed by atoms with Crippen LogP contribution >= 0.6 is 0 Å². The largest absolute Gasteiger partial charge is 0.271 e. The average molecular weight is 270 g/mol. The minimum absolute atomic E-state index is 0.0107. The Labute approximate surface area is 111 Å². The maximum absolute atomic E-state index is 13.4. The third kappa shape index (κ3) is 3.91. The van der Waals surface area contributed by atoms with E-state index in [1.165, 1.54) is 0 Å². The molecule has 1 aliphatic rings. The molecule has 2 atom stereocenters. The summed E-state index contributed by atoms with van der Waals surface area (Å²) in [4.78, 5) is 8.33. The number of nitrogens with one attached hydrogen (secondary N) is 1. The molecule has 0 aliphatic heterocycles. The Morgan fingerprint density at radius 2 is 2.37 bits per heavy atom. The van der Waals surface area contributed by atoms with Gasteiger partial charge < -0.3 is 0 Å². The molecule has 1 heterocycles. The summed E-state index contributed by atoms with van der Waals surface area (Å²) in [6, 6.07) is 1.58. The Balaban J connectivity index is 2.03. The van der Waals surface area contributed by atoms with E-state index in [1.54, 1.807) is 19.2 Å². The number of alkyl halides is 2. The molecule has 6 heteroatoms. The second-order valence-electron chi connectivity index (χ2n) is 5.30. The average Bonchev–Trinajstić information content (AvgIpc) is 2.35. The van der Waals surface area contributed by atoms with Gasteiger partial charge in [-0.25, -0.2) is 18.7 Å². The molecule has 2 unspecified atom stereocenters. The van der Waals surface area contributed by atoms with E-state index in [-0.39, 0.29) is 24.8 Å². The first kappa shape index (κ1) is 14.3. The highest BCUT2D eigenvalue weighted by Gasteiger charge is 2.37. The van der Waals surface area contributed by atoms with Crippen LogP contribution in [0.25, 0.3) is 0 Å². The number of nitrogens with two attached hydrogens (primary N) is 1. The third-order valence-electron chi connectivity index (χ3n) is 3.67. The number of hydrogen-bond donors (Lipinski definition) is 2. The number of hydrazine groups is 1. The van der Waals surface area contributed by atoms with Crippen LogP contribution < -0.4 is 11.3 Å². The molecule has 0 spiro atoms. The zero-order valence-electron chi connectivity index (χ0n) is 11.1. The van der Waals surface area contributed by atoms with Crippen molar-refractivity contribution in [3.05, 3.63) is 23.8 Å². The molecule has 0 amide bonds. The molecular formula is C13H20F2N4. The summed E-state index contributed by atoms with van der Waals surface area (Å²) in [5.41, 5.74) is 3.45. The second-order valence-corrected chi connectivity index (χ2v) is 5.30. The highest BCUT2D eigenvalue weighted by molar-refractivity contribution is 5.07. The van der Waals surface area contributed by atoms with Gasteiger partial charge in [0.25, 0.3) is 0 Å². The number of aryl methyl sites for hydroxylation is 1. The SMILES string of the molecule is Cc1nccc(C(CC2CCCC(F)(F)C2)NN)n1. The summed E-state index contributed by atoms with van der Waals surface area (Å²) < 4.78 is 26.8. The first-order chi connectivity index (χ1) is 9.00. The van der Waals surface area contributed by atoms with E-state index in [1.807, 2.05) is 0 Å². The van der Waals surface area contributed by atoms with Crippen molar-refractivity contribution < 1.29 is 8.78 Å². The standard InChI is InChI=1S/C13H20F2N4/c1-9-17-6-4-11(18-9)12(19-16)7-10-3-2-5-13(14,15)8-10/h4,6,10,12,19H,2-3,5,7-8,16H2,1H3. The Kier molecular flexibility index (Phi) is 4.42. The Hall–Kier alpha value is -1.14. The fourth-order valence-corrected chi connectivity index (χ4v) is 2.75. The minimum atomic E-state index is -2.52. The van der Waals surface area contributed by atoms with Crippen molar-refractivity contribution in [2.75, 3.05) is 0 Å². The van der Waals surface area contributed by atoms with Crippen molar-refractivity contribution in [1.29, 1.82) is 0 Å². The number of halogens is 2. The molecule has 1 saturated carbocycles. The summed E-state index contributed by atoms with van der Waals surface area (Å²) in [6.07, 6.45) is 3.63. The molecule has 1 aromatic heterocycles. The van der Waals surface area contributed by atoms with Crippen LogP contribution in [0.5, 0.6) is 0 Å². The Bertz CT molecular complexity index is 425. The molecule has 1 fully saturated rings. The molecule has 0 bridgehead atoms. The first-order valence-electron chi connectivity index (χ1n) is 6.64. The fourth-order valence-electron chi connectivity index (χ4n) is 2.75. The number of hydrogen-bond acceptors (Lipinski definition) is 4. The lowest BCUT2D eigenvalue weighted by atomic mass is 9.82. The van der Waals surface area contributed by atoms with E-state index in [9.17, 15) is 8.78 Å². The van der Waals surface area contributed by atoms with Gasteiger partial charge in [0.05, 0.1) is 11.7 Å². The lowest BCUT2D eigenvalue weighted by Crippen LogP contribution is -2.33. The normalized spacial score (nSPS) is 24.1. The van der Waals surface area contributed by atoms with Crippen LogP contribution in [0.2, 0.25) is 0 Å². The molecule has 3 N–H and O–H groups in total. The molecule has 0 saturated heterocycles. The van der Waals surface area contributed by atoms with E-state index in [0.717, 1.165) is 12.1 Å². The Morgan fingerprint density at radius 1 is 1.58 bits per heavy atom. The van der Waals surface area contributed by atoms with E-state index >= 15 is 0 Å². The maximum Gasteiger partial charge on any atom is 0.248 e. The van der Waals surface area contributed by atoms with Crippen LogP contribution in [0, 0.1) is 12.8 Å². The van der Waals surface area contributed by atoms with Crippen molar-refractivity contribution >= 4 is 0 Å². The quantitative estimate of drug-likeness (QED) is 0.652. The topological polar surface area (TPSA) is 63.8 Å². The van der Waals surface area contributed by atoms with Gasteiger partial charge in [-0.3, -0.25) is 11.3 Å². The molecule has 106 valence electrons. The van der Waals surface area contributed by atoms with Crippen molar-refractivity contribution in [2.45, 2.75) is 51.0 Å². The van der Waals surface area contributed by atoms with Crippen molar-refractivity contribution in [3.63, 3.8) is 0 Å². The first-order valence-corrected chi connectivity index (χ1v) is 6.64. The molecule has 0 radical (unpaired) electrons. The highest BCUT2D eigenvalue weighted by atomic mass is 19.3. The van der Waals surface area contributed by atoms with Gasteiger partial charge >= 0.3 is 0 Å². The second kappa shape index (κ2) is 5.88. The van der Waals surface area contributed by atoms with Gasteiger partial charge in [-0.2, -0.15) is 0 Å². The van der Waals surface area contributed by atoms with Crippen molar-refractivity contribution in [3.8, 4) is 0 Å². The van der Waals surface area contributed by atoms with Crippen LogP contribution in [-0.2, 0) is 0 Å². The van der Waals surface area contributed by atoms with Gasteiger partial charge in [-0.15, -0.1) is 0 Å². The summed E-state index contributed by atoms with van der Waals surface area (Å²) >= 11 is 0. The van der Waals surface area contributed by atoms with E-state index in [4.69, 9.17) is 5.84 Å². The van der Waals surface area contributed by atoms with Gasteiger partial charge in [-0.05, 0) is 38.2 Å². The molecule has 1 aliphatic carbocycles. The summed E-state index contributed by atoms with van der Waals surface area (Å²) in [7, 11) is 0. The van der Waals surface area contributed by atoms with E-state index in [2.05, 4.69) is 15.4 Å². The molecule has 0 aromatic carbocycles. The zero-order valence-corrected chi connectivity index (χ0v) is 11.1.